The fourth-order valence-corrected chi connectivity index (χ4v) is 4.27. The maximum absolute atomic E-state index is 13.1. The Hall–Kier alpha value is -3.09. The normalized spacial score (nSPS) is 10.8. The van der Waals surface area contributed by atoms with Crippen molar-refractivity contribution in [2.75, 3.05) is 6.54 Å². The Balaban J connectivity index is 1.75. The molecule has 0 bridgehead atoms. The molecule has 0 radical (unpaired) electrons. The van der Waals surface area contributed by atoms with E-state index in [1.807, 2.05) is 71.8 Å². The molecule has 4 aromatic rings. The first-order valence-electron chi connectivity index (χ1n) is 10.5. The number of benzene rings is 2. The van der Waals surface area contributed by atoms with Gasteiger partial charge in [-0.2, -0.15) is 5.10 Å². The summed E-state index contributed by atoms with van der Waals surface area (Å²) in [6.45, 7) is 5.07. The number of hydrogen-bond donors (Lipinski definition) is 0. The van der Waals surface area contributed by atoms with E-state index in [1.165, 1.54) is 11.3 Å². The van der Waals surface area contributed by atoms with Gasteiger partial charge >= 0.3 is 0 Å². The monoisotopic (exact) mass is 465 g/mol. The van der Waals surface area contributed by atoms with Crippen LogP contribution in [0.3, 0.4) is 0 Å². The number of carbonyl (C=O) groups is 1. The summed E-state index contributed by atoms with van der Waals surface area (Å²) in [6.07, 6.45) is 0.858. The van der Waals surface area contributed by atoms with Crippen molar-refractivity contribution in [2.24, 2.45) is 0 Å². The van der Waals surface area contributed by atoms with Crippen LogP contribution < -0.4 is 4.74 Å². The minimum Gasteiger partial charge on any atom is -0.439 e. The summed E-state index contributed by atoms with van der Waals surface area (Å²) in [5, 5.41) is 7.32. The summed E-state index contributed by atoms with van der Waals surface area (Å²) in [6, 6.07) is 20.8. The highest BCUT2D eigenvalue weighted by Crippen LogP contribution is 2.32. The molecule has 32 heavy (non-hydrogen) atoms. The summed E-state index contributed by atoms with van der Waals surface area (Å²) in [5.41, 5.74) is 2.58. The molecule has 0 aliphatic rings. The van der Waals surface area contributed by atoms with E-state index in [-0.39, 0.29) is 5.91 Å². The molecule has 164 valence electrons. The molecule has 0 saturated carbocycles. The van der Waals surface area contributed by atoms with Crippen molar-refractivity contribution in [3.8, 4) is 17.3 Å². The summed E-state index contributed by atoms with van der Waals surface area (Å²) in [5.74, 6) is 1.27. The van der Waals surface area contributed by atoms with Crippen LogP contribution in [0.25, 0.3) is 5.69 Å². The maximum Gasteiger partial charge on any atom is 0.264 e. The number of amides is 1. The molecule has 0 atom stereocenters. The van der Waals surface area contributed by atoms with E-state index in [0.717, 1.165) is 28.2 Å². The number of aryl methyl sites for hydroxylation is 1. The Morgan fingerprint density at radius 3 is 2.50 bits per heavy atom. The molecule has 0 fully saturated rings. The van der Waals surface area contributed by atoms with Crippen molar-refractivity contribution in [3.05, 3.63) is 93.3 Å². The summed E-state index contributed by atoms with van der Waals surface area (Å²) < 4.78 is 8.12. The van der Waals surface area contributed by atoms with Gasteiger partial charge in [-0.3, -0.25) is 4.79 Å². The first-order chi connectivity index (χ1) is 15.6. The first kappa shape index (κ1) is 22.1. The molecule has 0 spiro atoms. The average Bonchev–Trinajstić information content (AvgIpc) is 3.45. The van der Waals surface area contributed by atoms with Gasteiger partial charge in [0.15, 0.2) is 0 Å². The lowest BCUT2D eigenvalue weighted by atomic mass is 10.2. The third-order valence-electron chi connectivity index (χ3n) is 5.03. The van der Waals surface area contributed by atoms with Gasteiger partial charge in [-0.1, -0.05) is 42.8 Å². The van der Waals surface area contributed by atoms with Gasteiger partial charge in [0.2, 0.25) is 5.88 Å². The number of nitrogens with zero attached hydrogens (tertiary/aromatic N) is 3. The second kappa shape index (κ2) is 10.0. The number of para-hydroxylation sites is 1. The van der Waals surface area contributed by atoms with E-state index in [4.69, 9.17) is 21.4 Å². The van der Waals surface area contributed by atoms with Gasteiger partial charge in [0, 0.05) is 11.6 Å². The summed E-state index contributed by atoms with van der Waals surface area (Å²) >= 11 is 7.50. The SMILES string of the molecule is CCCN(Cc1c(C)nn(-c2ccccc2)c1Oc1ccc(Cl)cc1)C(=O)c1cccs1. The zero-order valence-electron chi connectivity index (χ0n) is 18.0. The maximum atomic E-state index is 13.1. The van der Waals surface area contributed by atoms with Crippen LogP contribution in [-0.2, 0) is 6.54 Å². The Kier molecular flexibility index (Phi) is 6.93. The Labute approximate surface area is 196 Å². The number of hydrogen-bond acceptors (Lipinski definition) is 4. The molecule has 0 saturated heterocycles. The van der Waals surface area contributed by atoms with Crippen molar-refractivity contribution in [2.45, 2.75) is 26.8 Å². The van der Waals surface area contributed by atoms with E-state index >= 15 is 0 Å². The number of ether oxygens (including phenoxy) is 1. The highest BCUT2D eigenvalue weighted by atomic mass is 35.5. The minimum atomic E-state index is 0.0196. The second-order valence-electron chi connectivity index (χ2n) is 7.38. The van der Waals surface area contributed by atoms with Crippen molar-refractivity contribution in [1.82, 2.24) is 14.7 Å². The topological polar surface area (TPSA) is 47.4 Å². The zero-order chi connectivity index (χ0) is 22.5. The third kappa shape index (κ3) is 4.87. The highest BCUT2D eigenvalue weighted by molar-refractivity contribution is 7.12. The molecule has 5 nitrogen and oxygen atoms in total. The van der Waals surface area contributed by atoms with Crippen LogP contribution in [0.5, 0.6) is 11.6 Å². The minimum absolute atomic E-state index is 0.0196. The molecule has 4 rings (SSSR count). The molecular formula is C25H24ClN3O2S. The Morgan fingerprint density at radius 2 is 1.84 bits per heavy atom. The van der Waals surface area contributed by atoms with Crippen LogP contribution in [-0.4, -0.2) is 27.1 Å². The van der Waals surface area contributed by atoms with Gasteiger partial charge < -0.3 is 9.64 Å². The molecule has 0 aliphatic heterocycles. The van der Waals surface area contributed by atoms with Gasteiger partial charge in [-0.05, 0) is 61.2 Å². The van der Waals surface area contributed by atoms with Crippen LogP contribution in [0.4, 0.5) is 0 Å². The fraction of sp³-hybridized carbons (Fsp3) is 0.200. The van der Waals surface area contributed by atoms with Crippen molar-refractivity contribution >= 4 is 28.8 Å². The van der Waals surface area contributed by atoms with Gasteiger partial charge in [0.1, 0.15) is 5.75 Å². The van der Waals surface area contributed by atoms with Crippen LogP contribution in [0.15, 0.2) is 72.1 Å². The van der Waals surface area contributed by atoms with E-state index in [1.54, 1.807) is 16.8 Å². The summed E-state index contributed by atoms with van der Waals surface area (Å²) in [7, 11) is 0. The number of carbonyl (C=O) groups excluding carboxylic acids is 1. The Morgan fingerprint density at radius 1 is 1.09 bits per heavy atom. The number of rotatable bonds is 8. The van der Waals surface area contributed by atoms with Gasteiger partial charge in [0.05, 0.1) is 28.4 Å². The lowest BCUT2D eigenvalue weighted by molar-refractivity contribution is 0.0747. The van der Waals surface area contributed by atoms with Crippen LogP contribution in [0, 0.1) is 6.92 Å². The standard InChI is InChI=1S/C25H24ClN3O2S/c1-3-15-28(24(30)23-10-7-16-32-23)17-22-18(2)27-29(20-8-5-4-6-9-20)25(22)31-21-13-11-19(26)12-14-21/h4-14,16H,3,15,17H2,1-2H3. The number of aromatic nitrogens is 2. The lowest BCUT2D eigenvalue weighted by Crippen LogP contribution is -2.31. The molecule has 2 aromatic heterocycles. The van der Waals surface area contributed by atoms with Gasteiger partial charge in [0.25, 0.3) is 5.91 Å². The smallest absolute Gasteiger partial charge is 0.264 e. The Bertz CT molecular complexity index is 1170. The average molecular weight is 466 g/mol. The molecule has 2 heterocycles. The van der Waals surface area contributed by atoms with Crippen LogP contribution >= 0.6 is 22.9 Å². The molecular weight excluding hydrogens is 442 g/mol. The van der Waals surface area contributed by atoms with E-state index in [9.17, 15) is 4.79 Å². The van der Waals surface area contributed by atoms with Crippen LogP contribution in [0.1, 0.15) is 34.3 Å². The quantitative estimate of drug-likeness (QED) is 0.289. The lowest BCUT2D eigenvalue weighted by Gasteiger charge is -2.22. The molecule has 2 aromatic carbocycles. The largest absolute Gasteiger partial charge is 0.439 e. The van der Waals surface area contributed by atoms with Gasteiger partial charge in [-0.15, -0.1) is 11.3 Å². The molecule has 7 heteroatoms. The van der Waals surface area contributed by atoms with Crippen molar-refractivity contribution in [3.63, 3.8) is 0 Å². The van der Waals surface area contributed by atoms with Crippen molar-refractivity contribution < 1.29 is 9.53 Å². The number of thiophene rings is 1. The zero-order valence-corrected chi connectivity index (χ0v) is 19.6. The molecule has 0 aliphatic carbocycles. The number of halogens is 1. The van der Waals surface area contributed by atoms with E-state index in [0.29, 0.717) is 29.7 Å². The fourth-order valence-electron chi connectivity index (χ4n) is 3.45. The molecule has 1 amide bonds. The summed E-state index contributed by atoms with van der Waals surface area (Å²) in [4.78, 5) is 15.7. The third-order valence-corrected chi connectivity index (χ3v) is 6.14. The van der Waals surface area contributed by atoms with Crippen LogP contribution in [0.2, 0.25) is 5.02 Å². The van der Waals surface area contributed by atoms with Crippen molar-refractivity contribution in [1.29, 1.82) is 0 Å². The molecule has 0 N–H and O–H groups in total. The predicted octanol–water partition coefficient (Wildman–Crippen LogP) is 6.74. The molecule has 0 unspecified atom stereocenters. The first-order valence-corrected chi connectivity index (χ1v) is 11.7. The predicted molar refractivity (Wildman–Crippen MR) is 129 cm³/mol. The van der Waals surface area contributed by atoms with E-state index < -0.39 is 0 Å². The highest BCUT2D eigenvalue weighted by Gasteiger charge is 2.24. The van der Waals surface area contributed by atoms with Gasteiger partial charge in [-0.25, -0.2) is 4.68 Å². The second-order valence-corrected chi connectivity index (χ2v) is 8.76. The van der Waals surface area contributed by atoms with E-state index in [2.05, 4.69) is 6.92 Å².